The minimum absolute atomic E-state index is 0.307. The van der Waals surface area contributed by atoms with Gasteiger partial charge in [-0.25, -0.2) is 0 Å². The Morgan fingerprint density at radius 2 is 1.69 bits per heavy atom. The van der Waals surface area contributed by atoms with Crippen molar-refractivity contribution in [1.29, 1.82) is 0 Å². The lowest BCUT2D eigenvalue weighted by atomic mass is 9.53. The van der Waals surface area contributed by atoms with E-state index in [4.69, 9.17) is 17.0 Å². The Bertz CT molecular complexity index is 267. The molecule has 0 unspecified atom stereocenters. The Morgan fingerprint density at radius 1 is 1.19 bits per heavy atom. The molecule has 0 radical (unpaired) electrons. The van der Waals surface area contributed by atoms with Crippen LogP contribution in [0.3, 0.4) is 0 Å². The summed E-state index contributed by atoms with van der Waals surface area (Å²) < 4.78 is 5.40. The number of hydrogen-bond donors (Lipinski definition) is 1. The molecule has 0 aromatic rings. The topological polar surface area (TPSA) is 21.3 Å². The summed E-state index contributed by atoms with van der Waals surface area (Å²) in [5.41, 5.74) is 0.307. The van der Waals surface area contributed by atoms with Crippen molar-refractivity contribution in [3.05, 3.63) is 0 Å². The second-order valence-electron chi connectivity index (χ2n) is 6.04. The van der Waals surface area contributed by atoms with Crippen LogP contribution in [0.15, 0.2) is 0 Å². The van der Waals surface area contributed by atoms with E-state index < -0.39 is 0 Å². The molecule has 0 atom stereocenters. The monoisotopic (exact) mass is 239 g/mol. The zero-order valence-corrected chi connectivity index (χ0v) is 10.8. The fourth-order valence-electron chi connectivity index (χ4n) is 4.65. The molecule has 4 rings (SSSR count). The van der Waals surface area contributed by atoms with Gasteiger partial charge in [0.1, 0.15) is 0 Å². The molecule has 4 fully saturated rings. The van der Waals surface area contributed by atoms with Gasteiger partial charge in [0, 0.05) is 5.54 Å². The summed E-state index contributed by atoms with van der Waals surface area (Å²) in [6, 6.07) is 0. The predicted octanol–water partition coefficient (Wildman–Crippen LogP) is 2.87. The van der Waals surface area contributed by atoms with Crippen molar-refractivity contribution < 1.29 is 4.74 Å². The van der Waals surface area contributed by atoms with E-state index in [9.17, 15) is 0 Å². The zero-order chi connectivity index (χ0) is 11.2. The number of thiocarbonyl (C=S) groups is 1. The van der Waals surface area contributed by atoms with Gasteiger partial charge in [0.25, 0.3) is 5.17 Å². The smallest absolute Gasteiger partial charge is 0.257 e. The van der Waals surface area contributed by atoms with E-state index in [1.165, 1.54) is 38.5 Å². The van der Waals surface area contributed by atoms with E-state index in [1.807, 2.05) is 6.92 Å². The van der Waals surface area contributed by atoms with Gasteiger partial charge in [-0.05, 0) is 75.4 Å². The summed E-state index contributed by atoms with van der Waals surface area (Å²) >= 11 is 5.26. The van der Waals surface area contributed by atoms with Gasteiger partial charge in [-0.15, -0.1) is 0 Å². The second kappa shape index (κ2) is 3.86. The van der Waals surface area contributed by atoms with Crippen molar-refractivity contribution in [2.75, 3.05) is 6.61 Å². The lowest BCUT2D eigenvalue weighted by Crippen LogP contribution is -2.59. The van der Waals surface area contributed by atoms with E-state index >= 15 is 0 Å². The maximum atomic E-state index is 5.40. The Labute approximate surface area is 103 Å². The molecule has 4 saturated carbocycles. The van der Waals surface area contributed by atoms with Crippen LogP contribution in [0.25, 0.3) is 0 Å². The van der Waals surface area contributed by atoms with Crippen LogP contribution in [0.4, 0.5) is 0 Å². The van der Waals surface area contributed by atoms with Crippen LogP contribution >= 0.6 is 12.2 Å². The Hall–Kier alpha value is -0.310. The largest absolute Gasteiger partial charge is 0.471 e. The van der Waals surface area contributed by atoms with E-state index in [-0.39, 0.29) is 0 Å². The normalized spacial score (nSPS) is 44.4. The fourth-order valence-corrected chi connectivity index (χ4v) is 4.98. The molecule has 2 nitrogen and oxygen atoms in total. The molecule has 1 N–H and O–H groups in total. The Kier molecular flexibility index (Phi) is 2.61. The van der Waals surface area contributed by atoms with Crippen molar-refractivity contribution in [3.8, 4) is 0 Å². The van der Waals surface area contributed by atoms with Gasteiger partial charge >= 0.3 is 0 Å². The first kappa shape index (κ1) is 10.8. The van der Waals surface area contributed by atoms with Crippen LogP contribution in [0.1, 0.15) is 45.4 Å². The molecule has 0 aliphatic heterocycles. The molecule has 4 bridgehead atoms. The number of nitrogens with one attached hydrogen (secondary N) is 1. The maximum absolute atomic E-state index is 5.40. The van der Waals surface area contributed by atoms with Gasteiger partial charge in [0.2, 0.25) is 0 Å². The quantitative estimate of drug-likeness (QED) is 0.749. The predicted molar refractivity (Wildman–Crippen MR) is 68.3 cm³/mol. The standard InChI is InChI=1S/C13H21NOS/c1-2-15-12(16)14-13-6-9-3-10(7-13)5-11(4-9)8-13/h9-11H,2-8H2,1H3,(H,14,16). The third-order valence-electron chi connectivity index (χ3n) is 4.68. The van der Waals surface area contributed by atoms with Crippen LogP contribution in [-0.2, 0) is 4.74 Å². The lowest BCUT2D eigenvalue weighted by molar-refractivity contribution is -0.0125. The molecular formula is C13H21NOS. The summed E-state index contributed by atoms with van der Waals surface area (Å²) in [5.74, 6) is 2.88. The van der Waals surface area contributed by atoms with Crippen molar-refractivity contribution >= 4 is 17.4 Å². The highest BCUT2D eigenvalue weighted by atomic mass is 32.1. The fraction of sp³-hybridized carbons (Fsp3) is 0.923. The highest BCUT2D eigenvalue weighted by Gasteiger charge is 2.51. The van der Waals surface area contributed by atoms with Gasteiger partial charge in [-0.2, -0.15) is 0 Å². The molecule has 16 heavy (non-hydrogen) atoms. The van der Waals surface area contributed by atoms with Crippen LogP contribution in [0, 0.1) is 17.8 Å². The Balaban J connectivity index is 1.71. The first-order valence-corrected chi connectivity index (χ1v) is 7.05. The Morgan fingerprint density at radius 3 is 2.12 bits per heavy atom. The molecule has 0 aromatic carbocycles. The van der Waals surface area contributed by atoms with E-state index in [0.717, 1.165) is 17.8 Å². The van der Waals surface area contributed by atoms with Crippen molar-refractivity contribution in [1.82, 2.24) is 5.32 Å². The summed E-state index contributed by atoms with van der Waals surface area (Å²) in [5, 5.41) is 4.16. The summed E-state index contributed by atoms with van der Waals surface area (Å²) in [7, 11) is 0. The highest BCUT2D eigenvalue weighted by Crippen LogP contribution is 2.55. The first-order valence-electron chi connectivity index (χ1n) is 6.64. The molecule has 0 spiro atoms. The lowest BCUT2D eigenvalue weighted by Gasteiger charge is -2.57. The third kappa shape index (κ3) is 1.83. The third-order valence-corrected chi connectivity index (χ3v) is 4.90. The SMILES string of the molecule is CCOC(=S)NC12CC3CC(CC(C3)C1)C2. The molecule has 0 heterocycles. The van der Waals surface area contributed by atoms with Gasteiger partial charge in [0.05, 0.1) is 6.61 Å². The zero-order valence-electron chi connectivity index (χ0n) is 10.00. The minimum atomic E-state index is 0.307. The first-order chi connectivity index (χ1) is 7.69. The van der Waals surface area contributed by atoms with E-state index in [2.05, 4.69) is 5.32 Å². The maximum Gasteiger partial charge on any atom is 0.257 e. The van der Waals surface area contributed by atoms with Gasteiger partial charge in [-0.1, -0.05) is 0 Å². The molecule has 90 valence electrons. The number of rotatable bonds is 2. The summed E-state index contributed by atoms with van der Waals surface area (Å²) in [6.45, 7) is 2.67. The molecule has 3 heteroatoms. The number of hydrogen-bond acceptors (Lipinski definition) is 2. The molecule has 4 aliphatic carbocycles. The molecule has 0 saturated heterocycles. The molecular weight excluding hydrogens is 218 g/mol. The summed E-state index contributed by atoms with van der Waals surface area (Å²) in [6.07, 6.45) is 8.40. The van der Waals surface area contributed by atoms with Gasteiger partial charge in [-0.3, -0.25) is 0 Å². The van der Waals surface area contributed by atoms with Gasteiger partial charge in [0.15, 0.2) is 0 Å². The van der Waals surface area contributed by atoms with Crippen molar-refractivity contribution in [2.24, 2.45) is 17.8 Å². The van der Waals surface area contributed by atoms with E-state index in [1.54, 1.807) is 0 Å². The van der Waals surface area contributed by atoms with Crippen LogP contribution < -0.4 is 5.32 Å². The number of ether oxygens (including phenoxy) is 1. The molecule has 0 amide bonds. The molecule has 4 aliphatic rings. The van der Waals surface area contributed by atoms with Crippen molar-refractivity contribution in [3.63, 3.8) is 0 Å². The average molecular weight is 239 g/mol. The van der Waals surface area contributed by atoms with Crippen LogP contribution in [0.2, 0.25) is 0 Å². The summed E-state index contributed by atoms with van der Waals surface area (Å²) in [4.78, 5) is 0. The molecule has 0 aromatic heterocycles. The van der Waals surface area contributed by atoms with Crippen LogP contribution in [-0.4, -0.2) is 17.3 Å². The highest BCUT2D eigenvalue weighted by molar-refractivity contribution is 7.80. The average Bonchev–Trinajstić information content (AvgIpc) is 2.13. The minimum Gasteiger partial charge on any atom is -0.471 e. The second-order valence-corrected chi connectivity index (χ2v) is 6.41. The van der Waals surface area contributed by atoms with Gasteiger partial charge < -0.3 is 10.1 Å². The van der Waals surface area contributed by atoms with Crippen molar-refractivity contribution in [2.45, 2.75) is 51.0 Å². The van der Waals surface area contributed by atoms with E-state index in [0.29, 0.717) is 17.3 Å². The van der Waals surface area contributed by atoms with Crippen LogP contribution in [0.5, 0.6) is 0 Å².